The molecule has 0 aromatic heterocycles. The summed E-state index contributed by atoms with van der Waals surface area (Å²) in [6, 6.07) is 15.0. The van der Waals surface area contributed by atoms with E-state index in [1.807, 2.05) is 0 Å². The molecule has 1 heterocycles. The molecular weight excluding hydrogens is 551 g/mol. The number of imide groups is 2. The average Bonchev–Trinajstić information content (AvgIpc) is 2.83. The number of carbonyl (C=O) groups excluding carboxylic acids is 3. The number of urea groups is 1. The molecule has 0 saturated carbocycles. The second kappa shape index (κ2) is 10.9. The Bertz CT molecular complexity index is 1410. The number of carbonyl (C=O) groups is 3. The minimum absolute atomic E-state index is 0.00884. The first kappa shape index (κ1) is 25.3. The zero-order valence-electron chi connectivity index (χ0n) is 18.8. The lowest BCUT2D eigenvalue weighted by Gasteiger charge is -2.26. The SMILES string of the molecule is C=CCc1cc(/C=C2\C(=O)NC(=O)N(c3ccc(Cl)cc3)C2=O)cc(Br)c1OCc1ccccc1F. The predicted octanol–water partition coefficient (Wildman–Crippen LogP) is 6.22. The number of benzene rings is 3. The number of nitrogens with zero attached hydrogens (tertiary/aromatic N) is 1. The lowest BCUT2D eigenvalue weighted by atomic mass is 10.0. The van der Waals surface area contributed by atoms with Gasteiger partial charge in [0.1, 0.15) is 23.7 Å². The number of hydrogen-bond donors (Lipinski definition) is 1. The van der Waals surface area contributed by atoms with Crippen molar-refractivity contribution in [1.82, 2.24) is 5.32 Å². The van der Waals surface area contributed by atoms with E-state index in [1.165, 1.54) is 36.4 Å². The van der Waals surface area contributed by atoms with Crippen molar-refractivity contribution in [3.05, 3.63) is 111 Å². The Kier molecular flexibility index (Phi) is 7.67. The van der Waals surface area contributed by atoms with Crippen LogP contribution in [0.25, 0.3) is 6.08 Å². The Hall–Kier alpha value is -3.75. The molecule has 1 aliphatic heterocycles. The highest BCUT2D eigenvalue weighted by atomic mass is 79.9. The van der Waals surface area contributed by atoms with E-state index in [1.54, 1.807) is 36.4 Å². The molecule has 1 aliphatic rings. The Balaban J connectivity index is 1.67. The van der Waals surface area contributed by atoms with Crippen LogP contribution in [0.1, 0.15) is 16.7 Å². The monoisotopic (exact) mass is 568 g/mol. The van der Waals surface area contributed by atoms with Gasteiger partial charge in [-0.15, -0.1) is 6.58 Å². The number of allylic oxidation sites excluding steroid dienone is 1. The maximum Gasteiger partial charge on any atom is 0.335 e. The zero-order valence-corrected chi connectivity index (χ0v) is 21.1. The molecule has 182 valence electrons. The number of amides is 4. The minimum atomic E-state index is -0.852. The van der Waals surface area contributed by atoms with Crippen LogP contribution < -0.4 is 15.0 Å². The third kappa shape index (κ3) is 5.40. The van der Waals surface area contributed by atoms with Crippen molar-refractivity contribution >= 4 is 57.1 Å². The Morgan fingerprint density at radius 3 is 2.47 bits per heavy atom. The van der Waals surface area contributed by atoms with Crippen LogP contribution in [0.15, 0.2) is 83.4 Å². The van der Waals surface area contributed by atoms with Gasteiger partial charge >= 0.3 is 6.03 Å². The molecule has 9 heteroatoms. The molecular formula is C27H19BrClFN2O4. The van der Waals surface area contributed by atoms with Gasteiger partial charge in [-0.3, -0.25) is 14.9 Å². The molecule has 4 amide bonds. The molecule has 6 nitrogen and oxygen atoms in total. The molecule has 0 bridgehead atoms. The fourth-order valence-corrected chi connectivity index (χ4v) is 4.40. The zero-order chi connectivity index (χ0) is 25.8. The van der Waals surface area contributed by atoms with Crippen molar-refractivity contribution in [2.75, 3.05) is 4.90 Å². The van der Waals surface area contributed by atoms with E-state index in [9.17, 15) is 18.8 Å². The van der Waals surface area contributed by atoms with Gasteiger partial charge < -0.3 is 4.74 Å². The van der Waals surface area contributed by atoms with Crippen molar-refractivity contribution in [3.8, 4) is 5.75 Å². The summed E-state index contributed by atoms with van der Waals surface area (Å²) in [6.45, 7) is 3.78. The van der Waals surface area contributed by atoms with Crippen molar-refractivity contribution in [2.45, 2.75) is 13.0 Å². The third-order valence-electron chi connectivity index (χ3n) is 5.33. The molecule has 0 radical (unpaired) electrons. The van der Waals surface area contributed by atoms with Gasteiger partial charge in [0.15, 0.2) is 0 Å². The number of nitrogens with one attached hydrogen (secondary N) is 1. The van der Waals surface area contributed by atoms with Crippen LogP contribution in [-0.2, 0) is 22.6 Å². The standard InChI is InChI=1S/C27H19BrClFN2O4/c1-2-5-17-12-16(14-22(28)24(17)36-15-18-6-3-4-7-23(18)30)13-21-25(33)31-27(35)32(26(21)34)20-10-8-19(29)9-11-20/h2-4,6-14H,1,5,15H2,(H,31,33,35)/b21-13+. The van der Waals surface area contributed by atoms with Gasteiger partial charge in [0.05, 0.1) is 10.2 Å². The van der Waals surface area contributed by atoms with Gasteiger partial charge in [-0.05, 0) is 82.0 Å². The smallest absolute Gasteiger partial charge is 0.335 e. The molecule has 0 unspecified atom stereocenters. The average molecular weight is 570 g/mol. The van der Waals surface area contributed by atoms with E-state index >= 15 is 0 Å². The molecule has 4 rings (SSSR count). The number of halogens is 3. The van der Waals surface area contributed by atoms with Crippen LogP contribution in [0.5, 0.6) is 5.75 Å². The summed E-state index contributed by atoms with van der Waals surface area (Å²) < 4.78 is 20.5. The maximum atomic E-state index is 14.0. The van der Waals surface area contributed by atoms with Crippen LogP contribution >= 0.6 is 27.5 Å². The number of anilines is 1. The molecule has 3 aromatic rings. The quantitative estimate of drug-likeness (QED) is 0.208. The van der Waals surface area contributed by atoms with E-state index in [0.717, 1.165) is 4.90 Å². The number of barbiturate groups is 1. The summed E-state index contributed by atoms with van der Waals surface area (Å²) in [5.41, 5.74) is 1.67. The fourth-order valence-electron chi connectivity index (χ4n) is 3.64. The first-order valence-electron chi connectivity index (χ1n) is 10.7. The molecule has 36 heavy (non-hydrogen) atoms. The molecule has 3 aromatic carbocycles. The second-order valence-corrected chi connectivity index (χ2v) is 9.09. The van der Waals surface area contributed by atoms with Crippen molar-refractivity contribution in [3.63, 3.8) is 0 Å². The van der Waals surface area contributed by atoms with Gasteiger partial charge in [-0.2, -0.15) is 0 Å². The van der Waals surface area contributed by atoms with E-state index in [4.69, 9.17) is 16.3 Å². The van der Waals surface area contributed by atoms with Crippen molar-refractivity contribution in [1.29, 1.82) is 0 Å². The number of hydrogen-bond acceptors (Lipinski definition) is 4. The minimum Gasteiger partial charge on any atom is -0.487 e. The summed E-state index contributed by atoms with van der Waals surface area (Å²) in [4.78, 5) is 39.0. The van der Waals surface area contributed by atoms with Gasteiger partial charge in [-0.1, -0.05) is 35.9 Å². The lowest BCUT2D eigenvalue weighted by Crippen LogP contribution is -2.54. The summed E-state index contributed by atoms with van der Waals surface area (Å²) in [5.74, 6) is -1.47. The Labute approximate surface area is 220 Å². The van der Waals surface area contributed by atoms with Crippen molar-refractivity contribution < 1.29 is 23.5 Å². The second-order valence-electron chi connectivity index (χ2n) is 7.80. The largest absolute Gasteiger partial charge is 0.487 e. The summed E-state index contributed by atoms with van der Waals surface area (Å²) in [7, 11) is 0. The van der Waals surface area contributed by atoms with Crippen LogP contribution in [-0.4, -0.2) is 17.8 Å². The molecule has 0 spiro atoms. The topological polar surface area (TPSA) is 75.7 Å². The van der Waals surface area contributed by atoms with Gasteiger partial charge in [0.2, 0.25) is 0 Å². The first-order valence-corrected chi connectivity index (χ1v) is 11.9. The molecule has 0 atom stereocenters. The molecule has 1 N–H and O–H groups in total. The number of ether oxygens (including phenoxy) is 1. The number of rotatable bonds is 7. The molecule has 1 saturated heterocycles. The van der Waals surface area contributed by atoms with Gasteiger partial charge in [0.25, 0.3) is 11.8 Å². The van der Waals surface area contributed by atoms with Gasteiger partial charge in [0, 0.05) is 10.6 Å². The summed E-state index contributed by atoms with van der Waals surface area (Å²) in [6.07, 6.45) is 3.48. The highest BCUT2D eigenvalue weighted by Gasteiger charge is 2.36. The van der Waals surface area contributed by atoms with E-state index in [2.05, 4.69) is 27.8 Å². The van der Waals surface area contributed by atoms with Crippen LogP contribution in [0, 0.1) is 5.82 Å². The first-order chi connectivity index (χ1) is 17.3. The normalized spacial score (nSPS) is 14.7. The summed E-state index contributed by atoms with van der Waals surface area (Å²) >= 11 is 9.38. The Morgan fingerprint density at radius 1 is 1.06 bits per heavy atom. The Morgan fingerprint density at radius 2 is 1.78 bits per heavy atom. The van der Waals surface area contributed by atoms with E-state index < -0.39 is 17.8 Å². The van der Waals surface area contributed by atoms with Gasteiger partial charge in [-0.25, -0.2) is 14.1 Å². The van der Waals surface area contributed by atoms with Crippen molar-refractivity contribution in [2.24, 2.45) is 0 Å². The third-order valence-corrected chi connectivity index (χ3v) is 6.18. The fraction of sp³-hybridized carbons (Fsp3) is 0.0741. The highest BCUT2D eigenvalue weighted by Crippen LogP contribution is 2.34. The van der Waals surface area contributed by atoms with Crippen LogP contribution in [0.4, 0.5) is 14.9 Å². The highest BCUT2D eigenvalue weighted by molar-refractivity contribution is 9.10. The summed E-state index contributed by atoms with van der Waals surface area (Å²) in [5, 5.41) is 2.63. The predicted molar refractivity (Wildman–Crippen MR) is 139 cm³/mol. The maximum absolute atomic E-state index is 14.0. The molecule has 0 aliphatic carbocycles. The lowest BCUT2D eigenvalue weighted by molar-refractivity contribution is -0.122. The molecule has 1 fully saturated rings. The van der Waals surface area contributed by atoms with Crippen LogP contribution in [0.3, 0.4) is 0 Å². The van der Waals surface area contributed by atoms with E-state index in [0.29, 0.717) is 38.4 Å². The van der Waals surface area contributed by atoms with E-state index in [-0.39, 0.29) is 23.7 Å². The van der Waals surface area contributed by atoms with Crippen LogP contribution in [0.2, 0.25) is 5.02 Å².